The van der Waals surface area contributed by atoms with Gasteiger partial charge >= 0.3 is 0 Å². The maximum atomic E-state index is 11.4. The first kappa shape index (κ1) is 12.6. The van der Waals surface area contributed by atoms with E-state index in [9.17, 15) is 13.0 Å². The van der Waals surface area contributed by atoms with Crippen LogP contribution in [0.4, 0.5) is 5.69 Å². The van der Waals surface area contributed by atoms with Crippen LogP contribution in [0.1, 0.15) is 0 Å². The maximum Gasteiger partial charge on any atom is 0.298 e. The van der Waals surface area contributed by atoms with Gasteiger partial charge in [0.05, 0.1) is 7.05 Å². The number of anilines is 1. The van der Waals surface area contributed by atoms with Gasteiger partial charge in [0, 0.05) is 12.7 Å². The summed E-state index contributed by atoms with van der Waals surface area (Å²) in [5.41, 5.74) is 1.01. The smallest absolute Gasteiger partial charge is 0.298 e. The lowest BCUT2D eigenvalue weighted by atomic mass is 10.3. The lowest BCUT2D eigenvalue weighted by Crippen LogP contribution is -2.23. The summed E-state index contributed by atoms with van der Waals surface area (Å²) >= 11 is 0. The van der Waals surface area contributed by atoms with E-state index in [1.54, 1.807) is 47.0 Å². The van der Waals surface area contributed by atoms with Crippen molar-refractivity contribution < 1.29 is 17.5 Å². The minimum absolute atomic E-state index is 0.134. The molecule has 0 fully saturated rings. The van der Waals surface area contributed by atoms with Crippen LogP contribution in [0.15, 0.2) is 41.8 Å². The van der Waals surface area contributed by atoms with Crippen LogP contribution in [0.5, 0.6) is 0 Å². The van der Waals surface area contributed by atoms with E-state index in [4.69, 9.17) is 0 Å². The molecule has 0 atom stereocenters. The Bertz CT molecular complexity index is 677. The molecule has 0 amide bonds. The summed E-state index contributed by atoms with van der Waals surface area (Å²) in [5.74, 6) is 0. The average Bonchev–Trinajstić information content (AvgIpc) is 2.74. The number of nitrogens with zero attached hydrogens (tertiary/aromatic N) is 2. The van der Waals surface area contributed by atoms with Gasteiger partial charge in [0.25, 0.3) is 10.1 Å². The van der Waals surface area contributed by atoms with E-state index in [0.29, 0.717) is 11.4 Å². The van der Waals surface area contributed by atoms with Gasteiger partial charge in [-0.3, -0.25) is 4.55 Å². The SMILES string of the molecule is CNc1ccc(-n2cc[n+](C)c2)c(S(=O)(=O)O)c1. The number of rotatable bonds is 3. The third-order valence-electron chi connectivity index (χ3n) is 2.57. The van der Waals surface area contributed by atoms with E-state index in [1.165, 1.54) is 6.07 Å². The van der Waals surface area contributed by atoms with Crippen LogP contribution in [-0.2, 0) is 17.2 Å². The van der Waals surface area contributed by atoms with Gasteiger partial charge in [-0.25, -0.2) is 9.13 Å². The minimum atomic E-state index is -4.28. The predicted octanol–water partition coefficient (Wildman–Crippen LogP) is 0.590. The molecule has 6 nitrogen and oxygen atoms in total. The van der Waals surface area contributed by atoms with Crippen LogP contribution < -0.4 is 9.88 Å². The van der Waals surface area contributed by atoms with Crippen LogP contribution in [0.3, 0.4) is 0 Å². The number of benzene rings is 1. The van der Waals surface area contributed by atoms with Crippen molar-refractivity contribution in [3.63, 3.8) is 0 Å². The fraction of sp³-hybridized carbons (Fsp3) is 0.182. The molecule has 0 radical (unpaired) electrons. The van der Waals surface area contributed by atoms with E-state index in [2.05, 4.69) is 5.32 Å². The van der Waals surface area contributed by atoms with Crippen molar-refractivity contribution >= 4 is 15.8 Å². The molecule has 0 aliphatic heterocycles. The van der Waals surface area contributed by atoms with Crippen molar-refractivity contribution in [2.45, 2.75) is 4.90 Å². The number of hydrogen-bond acceptors (Lipinski definition) is 3. The molecular formula is C11H14N3O3S+. The molecule has 0 aliphatic rings. The van der Waals surface area contributed by atoms with Gasteiger partial charge in [-0.1, -0.05) is 0 Å². The molecule has 2 aromatic rings. The zero-order valence-corrected chi connectivity index (χ0v) is 10.8. The topological polar surface area (TPSA) is 75.2 Å². The summed E-state index contributed by atoms with van der Waals surface area (Å²) in [6.07, 6.45) is 5.20. The number of aryl methyl sites for hydroxylation is 1. The predicted molar refractivity (Wildman–Crippen MR) is 66.3 cm³/mol. The minimum Gasteiger partial charge on any atom is -0.388 e. The Hall–Kier alpha value is -1.86. The molecule has 2 N–H and O–H groups in total. The summed E-state index contributed by atoms with van der Waals surface area (Å²) in [5, 5.41) is 2.83. The standard InChI is InChI=1S/C11H13N3O3S/c1-12-9-3-4-10(11(7-9)18(15,16)17)14-6-5-13(2)8-14/h3-8,12H,1-2H3/p+1. The summed E-state index contributed by atoms with van der Waals surface area (Å²) in [6, 6.07) is 4.77. The quantitative estimate of drug-likeness (QED) is 0.631. The largest absolute Gasteiger partial charge is 0.388 e. The highest BCUT2D eigenvalue weighted by Gasteiger charge is 2.20. The van der Waals surface area contributed by atoms with E-state index in [-0.39, 0.29) is 4.90 Å². The molecule has 0 bridgehead atoms. The van der Waals surface area contributed by atoms with Crippen LogP contribution in [0, 0.1) is 0 Å². The Morgan fingerprint density at radius 2 is 2.11 bits per heavy atom. The van der Waals surface area contributed by atoms with E-state index in [1.807, 2.05) is 7.05 Å². The zero-order valence-electron chi connectivity index (χ0n) is 10.0. The molecule has 18 heavy (non-hydrogen) atoms. The van der Waals surface area contributed by atoms with Gasteiger partial charge in [0.15, 0.2) is 5.69 Å². The number of aromatic nitrogens is 2. The molecule has 96 valence electrons. The fourth-order valence-corrected chi connectivity index (χ4v) is 2.40. The highest BCUT2D eigenvalue weighted by atomic mass is 32.2. The van der Waals surface area contributed by atoms with Crippen molar-refractivity contribution in [1.82, 2.24) is 4.57 Å². The van der Waals surface area contributed by atoms with Crippen molar-refractivity contribution in [3.05, 3.63) is 36.9 Å². The van der Waals surface area contributed by atoms with Gasteiger partial charge in [-0.15, -0.1) is 0 Å². The maximum absolute atomic E-state index is 11.4. The van der Waals surface area contributed by atoms with Crippen molar-refractivity contribution in [1.29, 1.82) is 0 Å². The lowest BCUT2D eigenvalue weighted by molar-refractivity contribution is -0.670. The van der Waals surface area contributed by atoms with Crippen LogP contribution in [0.2, 0.25) is 0 Å². The van der Waals surface area contributed by atoms with E-state index in [0.717, 1.165) is 0 Å². The number of imidazole rings is 1. The van der Waals surface area contributed by atoms with Crippen LogP contribution >= 0.6 is 0 Å². The van der Waals surface area contributed by atoms with Gasteiger partial charge < -0.3 is 5.32 Å². The monoisotopic (exact) mass is 268 g/mol. The van der Waals surface area contributed by atoms with Gasteiger partial charge in [0.1, 0.15) is 17.3 Å². The molecule has 7 heteroatoms. The van der Waals surface area contributed by atoms with Crippen molar-refractivity contribution in [2.75, 3.05) is 12.4 Å². The first-order valence-corrected chi connectivity index (χ1v) is 6.69. The Morgan fingerprint density at radius 3 is 2.61 bits per heavy atom. The van der Waals surface area contributed by atoms with Crippen LogP contribution in [0.25, 0.3) is 5.69 Å². The summed E-state index contributed by atoms with van der Waals surface area (Å²) in [7, 11) is -0.771. The Morgan fingerprint density at radius 1 is 1.39 bits per heavy atom. The van der Waals surface area contributed by atoms with E-state index < -0.39 is 10.1 Å². The molecule has 0 spiro atoms. The highest BCUT2D eigenvalue weighted by molar-refractivity contribution is 7.86. The molecule has 1 aromatic carbocycles. The van der Waals surface area contributed by atoms with Gasteiger partial charge in [0.2, 0.25) is 6.33 Å². The molecule has 1 heterocycles. The summed E-state index contributed by atoms with van der Waals surface area (Å²) in [6.45, 7) is 0. The van der Waals surface area contributed by atoms with Gasteiger partial charge in [-0.2, -0.15) is 8.42 Å². The first-order valence-electron chi connectivity index (χ1n) is 5.25. The highest BCUT2D eigenvalue weighted by Crippen LogP contribution is 2.23. The zero-order chi connectivity index (χ0) is 13.3. The second-order valence-corrected chi connectivity index (χ2v) is 5.28. The average molecular weight is 268 g/mol. The van der Waals surface area contributed by atoms with Crippen molar-refractivity contribution in [2.24, 2.45) is 7.05 Å². The first-order chi connectivity index (χ1) is 8.41. The molecule has 0 aliphatic carbocycles. The molecule has 0 saturated heterocycles. The second kappa shape index (κ2) is 4.43. The Labute approximate surface area is 105 Å². The molecule has 0 saturated carbocycles. The molecule has 1 aromatic heterocycles. The number of hydrogen-bond donors (Lipinski definition) is 2. The molecular weight excluding hydrogens is 254 g/mol. The molecule has 0 unspecified atom stereocenters. The van der Waals surface area contributed by atoms with E-state index >= 15 is 0 Å². The van der Waals surface area contributed by atoms with Crippen LogP contribution in [-0.4, -0.2) is 24.6 Å². The second-order valence-electron chi connectivity index (χ2n) is 3.89. The molecule has 2 rings (SSSR count). The Balaban J connectivity index is 2.67. The van der Waals surface area contributed by atoms with Gasteiger partial charge in [-0.05, 0) is 18.2 Å². The van der Waals surface area contributed by atoms with Crippen molar-refractivity contribution in [3.8, 4) is 5.69 Å². The fourth-order valence-electron chi connectivity index (χ4n) is 1.68. The third kappa shape index (κ3) is 2.36. The number of nitrogens with one attached hydrogen (secondary N) is 1. The summed E-state index contributed by atoms with van der Waals surface area (Å²) < 4.78 is 35.5. The Kier molecular flexibility index (Phi) is 3.10. The lowest BCUT2D eigenvalue weighted by Gasteiger charge is -2.06. The summed E-state index contributed by atoms with van der Waals surface area (Å²) in [4.78, 5) is -0.134. The third-order valence-corrected chi connectivity index (χ3v) is 3.46. The normalized spacial score (nSPS) is 11.5.